The topological polar surface area (TPSA) is 91.5 Å². The molecular formula is C12H19N5. The van der Waals surface area contributed by atoms with Gasteiger partial charge in [-0.3, -0.25) is 15.3 Å². The fraction of sp³-hybridized carbons (Fsp3) is 0.333. The van der Waals surface area contributed by atoms with E-state index < -0.39 is 0 Å². The van der Waals surface area contributed by atoms with Gasteiger partial charge in [-0.15, -0.1) is 0 Å². The van der Waals surface area contributed by atoms with Gasteiger partial charge in [0.15, 0.2) is 11.9 Å². The zero-order valence-corrected chi connectivity index (χ0v) is 10.2. The van der Waals surface area contributed by atoms with E-state index >= 15 is 0 Å². The van der Waals surface area contributed by atoms with Crippen LogP contribution in [-0.4, -0.2) is 29.9 Å². The molecule has 92 valence electrons. The molecule has 5 nitrogen and oxygen atoms in total. The maximum atomic E-state index is 7.52. The van der Waals surface area contributed by atoms with Crippen LogP contribution in [0, 0.1) is 5.41 Å². The fourth-order valence-electron chi connectivity index (χ4n) is 1.74. The molecule has 1 unspecified atom stereocenters. The normalized spacial score (nSPS) is 13.2. The van der Waals surface area contributed by atoms with E-state index in [1.165, 1.54) is 10.5 Å². The number of nitrogens with zero attached hydrogens (tertiary/aromatic N) is 2. The van der Waals surface area contributed by atoms with Crippen LogP contribution < -0.4 is 11.5 Å². The summed E-state index contributed by atoms with van der Waals surface area (Å²) >= 11 is 0. The zero-order valence-electron chi connectivity index (χ0n) is 10.2. The zero-order chi connectivity index (χ0) is 12.8. The van der Waals surface area contributed by atoms with Crippen molar-refractivity contribution >= 4 is 11.9 Å². The Balaban J connectivity index is 2.80. The molecule has 0 aliphatic rings. The van der Waals surface area contributed by atoms with Crippen molar-refractivity contribution in [2.45, 2.75) is 19.4 Å². The highest BCUT2D eigenvalue weighted by molar-refractivity contribution is 5.96. The van der Waals surface area contributed by atoms with E-state index in [0.717, 1.165) is 6.42 Å². The molecule has 0 aliphatic heterocycles. The van der Waals surface area contributed by atoms with Gasteiger partial charge in [-0.2, -0.15) is 0 Å². The van der Waals surface area contributed by atoms with E-state index in [-0.39, 0.29) is 18.0 Å². The van der Waals surface area contributed by atoms with Crippen molar-refractivity contribution in [1.82, 2.24) is 4.90 Å². The number of benzene rings is 1. The Bertz CT molecular complexity index is 399. The molecule has 0 saturated heterocycles. The highest BCUT2D eigenvalue weighted by Gasteiger charge is 2.18. The molecule has 1 aromatic rings. The minimum absolute atomic E-state index is 0.00130. The van der Waals surface area contributed by atoms with Crippen LogP contribution in [0.3, 0.4) is 0 Å². The van der Waals surface area contributed by atoms with Crippen LogP contribution in [0.15, 0.2) is 35.3 Å². The predicted molar refractivity (Wildman–Crippen MR) is 70.9 cm³/mol. The minimum Gasteiger partial charge on any atom is -0.370 e. The van der Waals surface area contributed by atoms with Crippen molar-refractivity contribution in [2.75, 3.05) is 7.05 Å². The van der Waals surface area contributed by atoms with Crippen molar-refractivity contribution in [3.05, 3.63) is 35.9 Å². The molecule has 1 aromatic carbocycles. The van der Waals surface area contributed by atoms with E-state index in [1.807, 2.05) is 37.3 Å². The Morgan fingerprint density at radius 1 is 1.35 bits per heavy atom. The lowest BCUT2D eigenvalue weighted by Crippen LogP contribution is -2.51. The Morgan fingerprint density at radius 2 is 1.94 bits per heavy atom. The average Bonchev–Trinajstić information content (AvgIpc) is 2.29. The van der Waals surface area contributed by atoms with Crippen LogP contribution in [0.4, 0.5) is 0 Å². The van der Waals surface area contributed by atoms with E-state index in [4.69, 9.17) is 16.9 Å². The van der Waals surface area contributed by atoms with Gasteiger partial charge in [0.05, 0.1) is 0 Å². The van der Waals surface area contributed by atoms with Crippen LogP contribution in [0.25, 0.3) is 0 Å². The Kier molecular flexibility index (Phi) is 4.51. The lowest BCUT2D eigenvalue weighted by molar-refractivity contribution is 0.451. The molecule has 0 heterocycles. The molecule has 0 aliphatic carbocycles. The van der Waals surface area contributed by atoms with E-state index in [1.54, 1.807) is 7.05 Å². The van der Waals surface area contributed by atoms with Crippen LogP contribution in [-0.2, 0) is 6.42 Å². The summed E-state index contributed by atoms with van der Waals surface area (Å²) in [5.74, 6) is 0.178. The molecule has 0 radical (unpaired) electrons. The van der Waals surface area contributed by atoms with E-state index in [9.17, 15) is 0 Å². The third-order valence-corrected chi connectivity index (χ3v) is 2.55. The van der Waals surface area contributed by atoms with Crippen molar-refractivity contribution < 1.29 is 0 Å². The second-order valence-electron chi connectivity index (χ2n) is 3.88. The highest BCUT2D eigenvalue weighted by Crippen LogP contribution is 2.08. The number of rotatable bonds is 3. The molecule has 0 saturated carbocycles. The predicted octanol–water partition coefficient (Wildman–Crippen LogP) is 0.758. The van der Waals surface area contributed by atoms with Crippen LogP contribution in [0.2, 0.25) is 0 Å². The summed E-state index contributed by atoms with van der Waals surface area (Å²) in [5.41, 5.74) is 12.4. The molecule has 0 fully saturated rings. The largest absolute Gasteiger partial charge is 0.370 e. The van der Waals surface area contributed by atoms with Crippen LogP contribution in [0.1, 0.15) is 12.5 Å². The quantitative estimate of drug-likeness (QED) is 0.531. The first kappa shape index (κ1) is 13.0. The molecule has 1 atom stereocenters. The van der Waals surface area contributed by atoms with Crippen LogP contribution >= 0.6 is 0 Å². The number of nitrogens with one attached hydrogen (secondary N) is 1. The summed E-state index contributed by atoms with van der Waals surface area (Å²) in [6.07, 6.45) is 0.761. The SMILES string of the molecule is CN=C(N)N(C(=N)N)C(C)Cc1ccccc1. The number of nitrogens with two attached hydrogens (primary N) is 2. The Morgan fingerprint density at radius 3 is 2.41 bits per heavy atom. The number of hydrogen-bond donors (Lipinski definition) is 3. The maximum absolute atomic E-state index is 7.52. The first-order valence-electron chi connectivity index (χ1n) is 5.45. The van der Waals surface area contributed by atoms with Crippen molar-refractivity contribution in [3.63, 3.8) is 0 Å². The molecule has 5 N–H and O–H groups in total. The molecule has 0 amide bonds. The van der Waals surface area contributed by atoms with Crippen molar-refractivity contribution in [2.24, 2.45) is 16.5 Å². The van der Waals surface area contributed by atoms with Crippen molar-refractivity contribution in [1.29, 1.82) is 5.41 Å². The van der Waals surface area contributed by atoms with Gasteiger partial charge in [0, 0.05) is 13.1 Å². The molecule has 0 aromatic heterocycles. The Hall–Kier alpha value is -2.04. The summed E-state index contributed by atoms with van der Waals surface area (Å²) in [6.45, 7) is 1.96. The first-order valence-corrected chi connectivity index (χ1v) is 5.45. The minimum atomic E-state index is -0.0865. The average molecular weight is 233 g/mol. The third kappa shape index (κ3) is 3.48. The monoisotopic (exact) mass is 233 g/mol. The first-order chi connectivity index (χ1) is 8.06. The van der Waals surface area contributed by atoms with Crippen LogP contribution in [0.5, 0.6) is 0 Å². The third-order valence-electron chi connectivity index (χ3n) is 2.55. The van der Waals surface area contributed by atoms with Crippen molar-refractivity contribution in [3.8, 4) is 0 Å². The second-order valence-corrected chi connectivity index (χ2v) is 3.88. The van der Waals surface area contributed by atoms with Gasteiger partial charge >= 0.3 is 0 Å². The number of hydrogen-bond acceptors (Lipinski definition) is 2. The summed E-state index contributed by atoms with van der Waals surface area (Å²) in [4.78, 5) is 5.39. The van der Waals surface area contributed by atoms with Gasteiger partial charge in [-0.25, -0.2) is 0 Å². The molecule has 17 heavy (non-hydrogen) atoms. The fourth-order valence-corrected chi connectivity index (χ4v) is 1.74. The summed E-state index contributed by atoms with van der Waals surface area (Å²) in [6, 6.07) is 10.0. The van der Waals surface area contributed by atoms with E-state index in [2.05, 4.69) is 4.99 Å². The molecule has 1 rings (SSSR count). The number of guanidine groups is 2. The summed E-state index contributed by atoms with van der Waals surface area (Å²) in [7, 11) is 1.58. The van der Waals surface area contributed by atoms with Gasteiger partial charge in [-0.05, 0) is 18.9 Å². The smallest absolute Gasteiger partial charge is 0.198 e. The second kappa shape index (κ2) is 5.89. The van der Waals surface area contributed by atoms with Gasteiger partial charge in [0.2, 0.25) is 0 Å². The van der Waals surface area contributed by atoms with Gasteiger partial charge in [-0.1, -0.05) is 30.3 Å². The summed E-state index contributed by atoms with van der Waals surface area (Å²) in [5, 5.41) is 7.52. The lowest BCUT2D eigenvalue weighted by Gasteiger charge is -2.28. The standard InChI is InChI=1S/C12H19N5/c1-9(8-10-6-4-3-5-7-10)17(11(13)14)12(15)16-2/h3-7,9H,8H2,1-2H3,(H3,13,14)(H2,15,16). The van der Waals surface area contributed by atoms with E-state index in [0.29, 0.717) is 0 Å². The summed E-state index contributed by atoms with van der Waals surface area (Å²) < 4.78 is 0. The molecule has 5 heteroatoms. The lowest BCUT2D eigenvalue weighted by atomic mass is 10.1. The van der Waals surface area contributed by atoms with Gasteiger partial charge in [0.1, 0.15) is 0 Å². The van der Waals surface area contributed by atoms with Gasteiger partial charge in [0.25, 0.3) is 0 Å². The molecule has 0 bridgehead atoms. The maximum Gasteiger partial charge on any atom is 0.198 e. The molecular weight excluding hydrogens is 214 g/mol. The van der Waals surface area contributed by atoms with Gasteiger partial charge < -0.3 is 11.5 Å². The Labute approximate surface area is 102 Å². The highest BCUT2D eigenvalue weighted by atomic mass is 15.3. The molecule has 0 spiro atoms. The number of aliphatic imine (C=N–C) groups is 1.